The van der Waals surface area contributed by atoms with E-state index in [1.165, 1.54) is 0 Å². The van der Waals surface area contributed by atoms with E-state index in [2.05, 4.69) is 10.6 Å². The third-order valence-electron chi connectivity index (χ3n) is 6.87. The molecule has 0 radical (unpaired) electrons. The molecule has 4 aromatic rings. The van der Waals surface area contributed by atoms with E-state index < -0.39 is 35.2 Å². The van der Waals surface area contributed by atoms with Crippen LogP contribution in [0.2, 0.25) is 0 Å². The van der Waals surface area contributed by atoms with Crippen molar-refractivity contribution in [3.63, 3.8) is 0 Å². The van der Waals surface area contributed by atoms with Crippen molar-refractivity contribution in [2.75, 3.05) is 5.32 Å². The third kappa shape index (κ3) is 8.44. The van der Waals surface area contributed by atoms with E-state index in [0.717, 1.165) is 16.3 Å². The first-order valence-corrected chi connectivity index (χ1v) is 14.5. The molecule has 4 aromatic carbocycles. The van der Waals surface area contributed by atoms with Crippen LogP contribution in [0, 0.1) is 0 Å². The van der Waals surface area contributed by atoms with Gasteiger partial charge in [-0.25, -0.2) is 4.79 Å². The van der Waals surface area contributed by atoms with E-state index in [0.29, 0.717) is 11.3 Å². The summed E-state index contributed by atoms with van der Waals surface area (Å²) in [5.74, 6) is -0.759. The second-order valence-electron chi connectivity index (χ2n) is 12.6. The van der Waals surface area contributed by atoms with Crippen LogP contribution in [0.1, 0.15) is 58.7 Å². The van der Waals surface area contributed by atoms with Gasteiger partial charge in [0.25, 0.3) is 5.91 Å². The van der Waals surface area contributed by atoms with Gasteiger partial charge in [0.2, 0.25) is 5.91 Å². The Morgan fingerprint density at radius 2 is 1.33 bits per heavy atom. The Hall–Kier alpha value is -4.65. The molecule has 4 rings (SSSR count). The summed E-state index contributed by atoms with van der Waals surface area (Å²) in [6.45, 7) is 11.0. The molecule has 2 atom stereocenters. The minimum absolute atomic E-state index is 0.222. The fraction of sp³-hybridized carbons (Fsp3) is 0.306. The number of nitrogens with one attached hydrogen (secondary N) is 2. The van der Waals surface area contributed by atoms with E-state index in [1.54, 1.807) is 25.7 Å². The van der Waals surface area contributed by atoms with Crippen molar-refractivity contribution in [1.29, 1.82) is 0 Å². The molecule has 0 aliphatic rings. The molecular weight excluding hydrogens is 538 g/mol. The van der Waals surface area contributed by atoms with Crippen molar-refractivity contribution in [1.82, 2.24) is 10.2 Å². The van der Waals surface area contributed by atoms with Crippen LogP contribution in [0.5, 0.6) is 0 Å². The highest BCUT2D eigenvalue weighted by Crippen LogP contribution is 2.32. The quantitative estimate of drug-likeness (QED) is 0.230. The molecule has 0 saturated heterocycles. The van der Waals surface area contributed by atoms with Crippen LogP contribution in [0.25, 0.3) is 10.8 Å². The van der Waals surface area contributed by atoms with Crippen LogP contribution in [0.15, 0.2) is 103 Å². The minimum atomic E-state index is -0.990. The van der Waals surface area contributed by atoms with Crippen LogP contribution >= 0.6 is 0 Å². The van der Waals surface area contributed by atoms with Crippen molar-refractivity contribution in [3.05, 3.63) is 114 Å². The van der Waals surface area contributed by atoms with Crippen molar-refractivity contribution in [2.24, 2.45) is 0 Å². The zero-order valence-electron chi connectivity index (χ0n) is 25.8. The first-order valence-electron chi connectivity index (χ1n) is 14.5. The lowest BCUT2D eigenvalue weighted by molar-refractivity contribution is -0.146. The predicted molar refractivity (Wildman–Crippen MR) is 172 cm³/mol. The maximum atomic E-state index is 14.6. The summed E-state index contributed by atoms with van der Waals surface area (Å²) >= 11 is 0. The summed E-state index contributed by atoms with van der Waals surface area (Å²) in [5.41, 5.74) is 0.588. The highest BCUT2D eigenvalue weighted by Gasteiger charge is 2.42. The number of hydrogen-bond acceptors (Lipinski definition) is 4. The topological polar surface area (TPSA) is 87.7 Å². The lowest BCUT2D eigenvalue weighted by Crippen LogP contribution is -2.58. The lowest BCUT2D eigenvalue weighted by atomic mass is 9.94. The molecule has 0 spiro atoms. The molecule has 7 heteroatoms. The van der Waals surface area contributed by atoms with Crippen molar-refractivity contribution >= 4 is 34.4 Å². The average molecular weight is 580 g/mol. The van der Waals surface area contributed by atoms with E-state index in [-0.39, 0.29) is 12.3 Å². The van der Waals surface area contributed by atoms with Crippen molar-refractivity contribution in [2.45, 2.75) is 71.2 Å². The zero-order valence-corrected chi connectivity index (χ0v) is 25.8. The van der Waals surface area contributed by atoms with Gasteiger partial charge in [-0.3, -0.25) is 9.59 Å². The monoisotopic (exact) mass is 579 g/mol. The van der Waals surface area contributed by atoms with Crippen LogP contribution in [0.3, 0.4) is 0 Å². The Morgan fingerprint density at radius 1 is 0.744 bits per heavy atom. The minimum Gasteiger partial charge on any atom is -0.444 e. The molecule has 224 valence electrons. The van der Waals surface area contributed by atoms with Crippen LogP contribution in [-0.2, 0) is 20.7 Å². The SMILES string of the molecule is CC(C)(C)OC(=O)NC(Cc1ccccc1)C(=O)N(C(C(=O)Nc1ccc2ccccc2c1)c1ccccc1)C(C)(C)C. The Balaban J connectivity index is 1.74. The number of ether oxygens (including phenoxy) is 1. The molecule has 2 unspecified atom stereocenters. The number of carbonyl (C=O) groups is 3. The molecular formula is C36H41N3O4. The zero-order chi connectivity index (χ0) is 31.2. The fourth-order valence-corrected chi connectivity index (χ4v) is 5.04. The number of alkyl carbamates (subject to hydrolysis) is 1. The van der Waals surface area contributed by atoms with Gasteiger partial charge < -0.3 is 20.3 Å². The standard InChI is InChI=1S/C36H41N3O4/c1-35(2,3)39(33(41)30(23-25-15-9-7-10-16-25)38-34(42)43-36(4,5)6)31(27-18-11-8-12-19-27)32(40)37-29-22-21-26-17-13-14-20-28(26)24-29/h7-22,24,30-31H,23H2,1-6H3,(H,37,40)(H,38,42). The van der Waals surface area contributed by atoms with Gasteiger partial charge in [0.15, 0.2) is 0 Å². The Bertz CT molecular complexity index is 1560. The van der Waals surface area contributed by atoms with Crippen LogP contribution in [0.4, 0.5) is 10.5 Å². The second kappa shape index (κ2) is 13.1. The van der Waals surface area contributed by atoms with E-state index >= 15 is 0 Å². The molecule has 43 heavy (non-hydrogen) atoms. The maximum Gasteiger partial charge on any atom is 0.408 e. The summed E-state index contributed by atoms with van der Waals surface area (Å²) < 4.78 is 5.53. The normalized spacial score (nSPS) is 13.1. The molecule has 0 fully saturated rings. The van der Waals surface area contributed by atoms with Crippen molar-refractivity contribution < 1.29 is 19.1 Å². The Kier molecular flexibility index (Phi) is 9.54. The Morgan fingerprint density at radius 3 is 1.93 bits per heavy atom. The number of anilines is 1. The fourth-order valence-electron chi connectivity index (χ4n) is 5.04. The number of benzene rings is 4. The predicted octanol–water partition coefficient (Wildman–Crippen LogP) is 7.28. The average Bonchev–Trinajstić information content (AvgIpc) is 2.94. The van der Waals surface area contributed by atoms with Gasteiger partial charge in [-0.2, -0.15) is 0 Å². The number of nitrogens with zero attached hydrogens (tertiary/aromatic N) is 1. The molecule has 0 aromatic heterocycles. The molecule has 2 N–H and O–H groups in total. The number of hydrogen-bond donors (Lipinski definition) is 2. The van der Waals surface area contributed by atoms with Gasteiger partial charge in [0, 0.05) is 17.6 Å². The van der Waals surface area contributed by atoms with Crippen LogP contribution in [-0.4, -0.2) is 40.0 Å². The molecule has 0 aliphatic carbocycles. The number of rotatable bonds is 8. The van der Waals surface area contributed by atoms with Crippen LogP contribution < -0.4 is 10.6 Å². The van der Waals surface area contributed by atoms with Gasteiger partial charge in [-0.1, -0.05) is 91.0 Å². The maximum absolute atomic E-state index is 14.6. The highest BCUT2D eigenvalue weighted by molar-refractivity contribution is 6.00. The summed E-state index contributed by atoms with van der Waals surface area (Å²) in [6.07, 6.45) is -0.480. The van der Waals surface area contributed by atoms with Gasteiger partial charge in [-0.15, -0.1) is 0 Å². The Labute approximate surface area is 254 Å². The molecule has 3 amide bonds. The smallest absolute Gasteiger partial charge is 0.408 e. The van der Waals surface area contributed by atoms with Gasteiger partial charge in [0.1, 0.15) is 17.7 Å². The first-order chi connectivity index (χ1) is 20.3. The number of carbonyl (C=O) groups excluding carboxylic acids is 3. The van der Waals surface area contributed by atoms with Crippen molar-refractivity contribution in [3.8, 4) is 0 Å². The third-order valence-corrected chi connectivity index (χ3v) is 6.87. The van der Waals surface area contributed by atoms with E-state index in [4.69, 9.17) is 4.74 Å². The molecule has 0 bridgehead atoms. The lowest BCUT2D eigenvalue weighted by Gasteiger charge is -2.43. The molecule has 0 saturated carbocycles. The number of fused-ring (bicyclic) bond motifs is 1. The summed E-state index contributed by atoms with van der Waals surface area (Å²) in [7, 11) is 0. The highest BCUT2D eigenvalue weighted by atomic mass is 16.6. The largest absolute Gasteiger partial charge is 0.444 e. The summed E-state index contributed by atoms with van der Waals surface area (Å²) in [5, 5.41) is 7.91. The molecule has 0 aliphatic heterocycles. The summed E-state index contributed by atoms with van der Waals surface area (Å²) in [4.78, 5) is 43.4. The molecule has 7 nitrogen and oxygen atoms in total. The first kappa shape index (κ1) is 31.3. The number of amides is 3. The van der Waals surface area contributed by atoms with Gasteiger partial charge in [-0.05, 0) is 75.6 Å². The van der Waals surface area contributed by atoms with Gasteiger partial charge in [0.05, 0.1) is 0 Å². The molecule has 0 heterocycles. The van der Waals surface area contributed by atoms with E-state index in [9.17, 15) is 14.4 Å². The summed E-state index contributed by atoms with van der Waals surface area (Å²) in [6, 6.07) is 30.4. The van der Waals surface area contributed by atoms with E-state index in [1.807, 2.05) is 124 Å². The van der Waals surface area contributed by atoms with Gasteiger partial charge >= 0.3 is 6.09 Å². The second-order valence-corrected chi connectivity index (χ2v) is 12.6.